The molecule has 0 bridgehead atoms. The summed E-state index contributed by atoms with van der Waals surface area (Å²) in [7, 11) is 0. The summed E-state index contributed by atoms with van der Waals surface area (Å²) in [6.45, 7) is 8.41. The smallest absolute Gasteiger partial charge is 1.00 e. The summed E-state index contributed by atoms with van der Waals surface area (Å²) in [5.74, 6) is 1.11. The van der Waals surface area contributed by atoms with Gasteiger partial charge in [-0.1, -0.05) is 92.3 Å². The van der Waals surface area contributed by atoms with E-state index in [2.05, 4.69) is 87.2 Å². The second-order valence-electron chi connectivity index (χ2n) is 6.42. The van der Waals surface area contributed by atoms with E-state index >= 15 is 0 Å². The Bertz CT molecular complexity index is 730. The SMILES string of the molecule is C=CC1c2ccccc2-c2ccccc21.CC(C)C1=CC=CC1.[Cl-].[Cl-].[Zr+2]. The van der Waals surface area contributed by atoms with Crippen molar-refractivity contribution in [1.29, 1.82) is 0 Å². The van der Waals surface area contributed by atoms with Crippen molar-refractivity contribution < 1.29 is 51.0 Å². The van der Waals surface area contributed by atoms with Crippen molar-refractivity contribution in [3.05, 3.63) is 96.1 Å². The molecule has 0 heterocycles. The van der Waals surface area contributed by atoms with Crippen LogP contribution in [0.3, 0.4) is 0 Å². The Kier molecular flexibility index (Phi) is 11.4. The molecule has 0 N–H and O–H groups in total. The van der Waals surface area contributed by atoms with Gasteiger partial charge in [-0.05, 0) is 34.6 Å². The molecule has 2 aliphatic rings. The topological polar surface area (TPSA) is 0 Å². The van der Waals surface area contributed by atoms with E-state index in [0.717, 1.165) is 5.92 Å². The van der Waals surface area contributed by atoms with E-state index < -0.39 is 0 Å². The molecule has 4 rings (SSSR count). The Hall–Kier alpha value is -0.877. The maximum atomic E-state index is 3.94. The standard InChI is InChI=1S/C15H12.C8H12.2ClH.Zr/c1-2-11-12-7-3-5-9-14(12)15-10-6-4-8-13(11)15;1-7(2)8-5-3-4-6-8;;;/h2-11H,1H2;3-5,7H,6H2,1-2H3;2*1H;/q;;;;+2/p-2. The maximum absolute atomic E-state index is 3.94. The third kappa shape index (κ3) is 5.32. The Labute approximate surface area is 189 Å². The van der Waals surface area contributed by atoms with Crippen LogP contribution in [-0.2, 0) is 26.2 Å². The van der Waals surface area contributed by atoms with Crippen LogP contribution in [0.4, 0.5) is 0 Å². The van der Waals surface area contributed by atoms with Gasteiger partial charge in [-0.25, -0.2) is 0 Å². The quantitative estimate of drug-likeness (QED) is 0.571. The molecule has 2 aromatic carbocycles. The van der Waals surface area contributed by atoms with Crippen molar-refractivity contribution in [2.24, 2.45) is 5.92 Å². The summed E-state index contributed by atoms with van der Waals surface area (Å²) in [6, 6.07) is 17.2. The zero-order valence-electron chi connectivity index (χ0n) is 15.3. The molecule has 2 aromatic rings. The number of halogens is 2. The van der Waals surface area contributed by atoms with E-state index in [1.165, 1.54) is 28.7 Å². The summed E-state index contributed by atoms with van der Waals surface area (Å²) in [5.41, 5.74) is 7.04. The molecule has 2 aliphatic carbocycles. The van der Waals surface area contributed by atoms with Crippen molar-refractivity contribution in [2.75, 3.05) is 0 Å². The van der Waals surface area contributed by atoms with Crippen molar-refractivity contribution in [3.63, 3.8) is 0 Å². The van der Waals surface area contributed by atoms with E-state index in [0.29, 0.717) is 5.92 Å². The van der Waals surface area contributed by atoms with Crippen LogP contribution >= 0.6 is 0 Å². The van der Waals surface area contributed by atoms with Gasteiger partial charge < -0.3 is 24.8 Å². The monoisotopic (exact) mass is 460 g/mol. The fourth-order valence-electron chi connectivity index (χ4n) is 3.34. The maximum Gasteiger partial charge on any atom is 2.00 e. The third-order valence-electron chi connectivity index (χ3n) is 4.66. The van der Waals surface area contributed by atoms with Gasteiger partial charge in [0.15, 0.2) is 0 Å². The van der Waals surface area contributed by atoms with Crippen molar-refractivity contribution >= 4 is 0 Å². The molecular weight excluding hydrogens is 438 g/mol. The molecule has 3 heteroatoms. The van der Waals surface area contributed by atoms with Crippen LogP contribution in [0.15, 0.2) is 85.0 Å². The van der Waals surface area contributed by atoms with Crippen LogP contribution in [0.5, 0.6) is 0 Å². The largest absolute Gasteiger partial charge is 2.00 e. The number of fused-ring (bicyclic) bond motifs is 3. The Morgan fingerprint density at radius 2 is 1.42 bits per heavy atom. The van der Waals surface area contributed by atoms with Gasteiger partial charge >= 0.3 is 26.2 Å². The zero-order chi connectivity index (χ0) is 16.2. The van der Waals surface area contributed by atoms with Crippen molar-refractivity contribution in [2.45, 2.75) is 26.2 Å². The Morgan fingerprint density at radius 3 is 1.77 bits per heavy atom. The second kappa shape index (κ2) is 11.8. The molecule has 0 atom stereocenters. The first-order valence-electron chi connectivity index (χ1n) is 8.38. The van der Waals surface area contributed by atoms with Crippen molar-refractivity contribution in [1.82, 2.24) is 0 Å². The molecule has 0 spiro atoms. The fraction of sp³-hybridized carbons (Fsp3) is 0.217. The van der Waals surface area contributed by atoms with Gasteiger partial charge in [-0.3, -0.25) is 0 Å². The van der Waals surface area contributed by atoms with Crippen LogP contribution < -0.4 is 24.8 Å². The first-order chi connectivity index (χ1) is 11.2. The second-order valence-corrected chi connectivity index (χ2v) is 6.42. The van der Waals surface area contributed by atoms with Crippen molar-refractivity contribution in [3.8, 4) is 11.1 Å². The Balaban J connectivity index is 0.000000497. The van der Waals surface area contributed by atoms with E-state index in [9.17, 15) is 0 Å². The van der Waals surface area contributed by atoms with E-state index in [4.69, 9.17) is 0 Å². The molecule has 26 heavy (non-hydrogen) atoms. The molecule has 0 radical (unpaired) electrons. The number of allylic oxidation sites excluding steroid dienone is 5. The molecule has 0 aliphatic heterocycles. The predicted octanol–water partition coefficient (Wildman–Crippen LogP) is 0.519. The van der Waals surface area contributed by atoms with Crippen LogP contribution in [0.2, 0.25) is 0 Å². The number of hydrogen-bond acceptors (Lipinski definition) is 0. The zero-order valence-corrected chi connectivity index (χ0v) is 19.2. The summed E-state index contributed by atoms with van der Waals surface area (Å²) in [5, 5.41) is 0. The first-order valence-corrected chi connectivity index (χ1v) is 8.38. The fourth-order valence-corrected chi connectivity index (χ4v) is 3.34. The number of benzene rings is 2. The van der Waals surface area contributed by atoms with Gasteiger partial charge in [-0.15, -0.1) is 6.58 Å². The molecular formula is C23H24Cl2Zr. The molecule has 134 valence electrons. The van der Waals surface area contributed by atoms with Gasteiger partial charge in [0.2, 0.25) is 0 Å². The molecule has 0 aromatic heterocycles. The molecule has 0 fully saturated rings. The predicted molar refractivity (Wildman–Crippen MR) is 101 cm³/mol. The minimum absolute atomic E-state index is 0. The van der Waals surface area contributed by atoms with E-state index in [-0.39, 0.29) is 51.0 Å². The van der Waals surface area contributed by atoms with Crippen LogP contribution in [0.1, 0.15) is 37.3 Å². The summed E-state index contributed by atoms with van der Waals surface area (Å²) in [6.07, 6.45) is 9.76. The normalized spacial score (nSPS) is 13.1. The van der Waals surface area contributed by atoms with Gasteiger partial charge in [0.05, 0.1) is 0 Å². The Morgan fingerprint density at radius 1 is 0.923 bits per heavy atom. The van der Waals surface area contributed by atoms with Gasteiger partial charge in [0.25, 0.3) is 0 Å². The van der Waals surface area contributed by atoms with Gasteiger partial charge in [0, 0.05) is 5.92 Å². The number of rotatable bonds is 2. The van der Waals surface area contributed by atoms with Gasteiger partial charge in [0.1, 0.15) is 0 Å². The van der Waals surface area contributed by atoms with Crippen LogP contribution in [-0.4, -0.2) is 0 Å². The molecule has 0 saturated heterocycles. The first kappa shape index (κ1) is 25.1. The molecule has 0 amide bonds. The van der Waals surface area contributed by atoms with E-state index in [1.54, 1.807) is 5.57 Å². The molecule has 0 nitrogen and oxygen atoms in total. The summed E-state index contributed by atoms with van der Waals surface area (Å²) >= 11 is 0. The third-order valence-corrected chi connectivity index (χ3v) is 4.66. The average molecular weight is 463 g/mol. The number of hydrogen-bond donors (Lipinski definition) is 0. The minimum Gasteiger partial charge on any atom is -1.00 e. The minimum atomic E-state index is 0. The molecule has 0 unspecified atom stereocenters. The van der Waals surface area contributed by atoms with E-state index in [1.807, 2.05) is 6.08 Å². The van der Waals surface area contributed by atoms with Gasteiger partial charge in [-0.2, -0.15) is 0 Å². The average Bonchev–Trinajstić information content (AvgIpc) is 3.22. The van der Waals surface area contributed by atoms with Crippen LogP contribution in [0, 0.1) is 5.92 Å². The molecule has 0 saturated carbocycles. The summed E-state index contributed by atoms with van der Waals surface area (Å²) in [4.78, 5) is 0. The summed E-state index contributed by atoms with van der Waals surface area (Å²) < 4.78 is 0. The van der Waals surface area contributed by atoms with Crippen LogP contribution in [0.25, 0.3) is 11.1 Å².